The summed E-state index contributed by atoms with van der Waals surface area (Å²) in [5.74, 6) is 0. The van der Waals surface area contributed by atoms with Gasteiger partial charge in [0.05, 0.1) is 0 Å². The first-order chi connectivity index (χ1) is 26.6. The Bertz CT molecular complexity index is 2840. The molecule has 0 radical (unpaired) electrons. The van der Waals surface area contributed by atoms with Crippen molar-refractivity contribution in [1.29, 1.82) is 0 Å². The number of hydrogen-bond acceptors (Lipinski definition) is 0. The van der Waals surface area contributed by atoms with E-state index < -0.39 is 0 Å². The topological polar surface area (TPSA) is 63.2 Å². The Morgan fingerprint density at radius 3 is 0.833 bits per heavy atom. The first kappa shape index (κ1) is 33.3. The summed E-state index contributed by atoms with van der Waals surface area (Å²) < 4.78 is 0. The van der Waals surface area contributed by atoms with Crippen molar-refractivity contribution in [1.82, 2.24) is 19.9 Å². The standard InChI is InChI=1S/C50H44N4/c1-4-32-12-18-36(19-13-32)48-41-26-24-39(51-41)47(35-10-8-7-9-11-35)40-25-27-42(52-40)49(37-20-14-33(5-2)15-21-37)44-29-31-46(54-44)50(45-30-28-43(48)53-45)38-22-16-34(6-3)17-23-38/h7-31,51-54H,4-6H2,1-3H3. The maximum absolute atomic E-state index is 3.91. The Labute approximate surface area is 316 Å². The van der Waals surface area contributed by atoms with Crippen molar-refractivity contribution in [3.05, 3.63) is 235 Å². The molecular weight excluding hydrogens is 657 g/mol. The number of aromatic nitrogens is 4. The number of aryl methyl sites for hydroxylation is 3. The summed E-state index contributed by atoms with van der Waals surface area (Å²) in [4.78, 5) is 15.6. The molecule has 4 aromatic heterocycles. The molecule has 9 rings (SSSR count). The lowest BCUT2D eigenvalue weighted by Crippen LogP contribution is -2.19. The smallest absolute Gasteiger partial charge is 0.0485 e. The maximum Gasteiger partial charge on any atom is 0.0485 e. The van der Waals surface area contributed by atoms with Crippen LogP contribution in [0.15, 0.2) is 152 Å². The van der Waals surface area contributed by atoms with Crippen LogP contribution in [-0.4, -0.2) is 19.9 Å². The van der Waals surface area contributed by atoms with Gasteiger partial charge < -0.3 is 19.9 Å². The number of fused-ring (bicyclic) bond motifs is 8. The van der Waals surface area contributed by atoms with Gasteiger partial charge in [0, 0.05) is 66.5 Å². The Kier molecular flexibility index (Phi) is 8.72. The van der Waals surface area contributed by atoms with Crippen molar-refractivity contribution in [3.63, 3.8) is 0 Å². The molecular formula is C50H44N4. The van der Waals surface area contributed by atoms with Crippen LogP contribution in [0.25, 0.3) is 22.3 Å². The van der Waals surface area contributed by atoms with Crippen LogP contribution >= 0.6 is 0 Å². The Morgan fingerprint density at radius 2 is 0.556 bits per heavy atom. The third-order valence-electron chi connectivity index (χ3n) is 10.9. The molecule has 0 spiro atoms. The van der Waals surface area contributed by atoms with Crippen molar-refractivity contribution in [2.75, 3.05) is 0 Å². The molecule has 0 aliphatic carbocycles. The number of rotatable bonds is 7. The molecule has 0 atom stereocenters. The fraction of sp³-hybridized carbons (Fsp3) is 0.120. The van der Waals surface area contributed by atoms with Gasteiger partial charge in [-0.25, -0.2) is 0 Å². The summed E-state index contributed by atoms with van der Waals surface area (Å²) in [6.07, 6.45) is 3.00. The monoisotopic (exact) mass is 700 g/mol. The minimum Gasteiger partial charge on any atom is -0.354 e. The van der Waals surface area contributed by atoms with Crippen molar-refractivity contribution in [2.24, 2.45) is 0 Å². The van der Waals surface area contributed by atoms with Gasteiger partial charge in [0.1, 0.15) is 0 Å². The maximum atomic E-state index is 3.91. The first-order valence-corrected chi connectivity index (χ1v) is 19.2. The van der Waals surface area contributed by atoms with Crippen LogP contribution in [-0.2, 0) is 19.3 Å². The van der Waals surface area contributed by atoms with Crippen LogP contribution in [0.2, 0.25) is 0 Å². The van der Waals surface area contributed by atoms with E-state index in [1.165, 1.54) is 16.7 Å². The van der Waals surface area contributed by atoms with E-state index in [0.717, 1.165) is 108 Å². The third kappa shape index (κ3) is 6.10. The van der Waals surface area contributed by atoms with E-state index in [-0.39, 0.29) is 0 Å². The highest BCUT2D eigenvalue weighted by Crippen LogP contribution is 2.28. The van der Waals surface area contributed by atoms with Gasteiger partial charge in [-0.05, 0) is 107 Å². The summed E-state index contributed by atoms with van der Waals surface area (Å²) in [6.45, 7) is 6.61. The predicted molar refractivity (Wildman–Crippen MR) is 222 cm³/mol. The van der Waals surface area contributed by atoms with Gasteiger partial charge in [-0.2, -0.15) is 0 Å². The number of hydrogen-bond donors (Lipinski definition) is 4. The van der Waals surface area contributed by atoms with Crippen LogP contribution < -0.4 is 21.4 Å². The molecule has 8 bridgehead atoms. The van der Waals surface area contributed by atoms with Crippen molar-refractivity contribution < 1.29 is 0 Å². The van der Waals surface area contributed by atoms with Crippen molar-refractivity contribution in [3.8, 4) is 0 Å². The van der Waals surface area contributed by atoms with Crippen LogP contribution in [0.3, 0.4) is 0 Å². The highest BCUT2D eigenvalue weighted by Gasteiger charge is 2.18. The Balaban J connectivity index is 1.41. The number of H-pyrrole nitrogens is 4. The average molecular weight is 701 g/mol. The minimum atomic E-state index is 0.999. The predicted octanol–water partition coefficient (Wildman–Crippen LogP) is 7.99. The molecule has 0 fully saturated rings. The van der Waals surface area contributed by atoms with E-state index in [1.807, 2.05) is 0 Å². The molecule has 264 valence electrons. The average Bonchev–Trinajstić information content (AvgIpc) is 4.07. The summed E-state index contributed by atoms with van der Waals surface area (Å²) in [6, 6.07) is 55.5. The van der Waals surface area contributed by atoms with Gasteiger partial charge in [-0.1, -0.05) is 124 Å². The van der Waals surface area contributed by atoms with E-state index >= 15 is 0 Å². The van der Waals surface area contributed by atoms with E-state index in [1.54, 1.807) is 0 Å². The lowest BCUT2D eigenvalue weighted by molar-refractivity contribution is 1.13. The fourth-order valence-electron chi connectivity index (χ4n) is 7.90. The molecule has 0 amide bonds. The van der Waals surface area contributed by atoms with Crippen molar-refractivity contribution >= 4 is 22.3 Å². The van der Waals surface area contributed by atoms with Gasteiger partial charge in [0.2, 0.25) is 0 Å². The van der Waals surface area contributed by atoms with E-state index in [0.29, 0.717) is 0 Å². The SMILES string of the molecule is CCc1ccc(C2=c3ccc([nH]3)=C(c3ccccc3)c3ccc([nH]3)C(c3ccc(CC)cc3)=c3ccc([nH]3)=C(c3ccc(CC)cc3)c3ccc2[nH]3)cc1. The molecule has 0 unspecified atom stereocenters. The summed E-state index contributed by atoms with van der Waals surface area (Å²) in [5.41, 5.74) is 17.3. The van der Waals surface area contributed by atoms with Gasteiger partial charge >= 0.3 is 0 Å². The molecule has 1 aliphatic heterocycles. The second-order valence-electron chi connectivity index (χ2n) is 14.2. The second-order valence-corrected chi connectivity index (χ2v) is 14.2. The fourth-order valence-corrected chi connectivity index (χ4v) is 7.90. The van der Waals surface area contributed by atoms with E-state index in [4.69, 9.17) is 0 Å². The molecule has 54 heavy (non-hydrogen) atoms. The zero-order valence-electron chi connectivity index (χ0n) is 31.1. The van der Waals surface area contributed by atoms with Gasteiger partial charge in [0.25, 0.3) is 0 Å². The van der Waals surface area contributed by atoms with Gasteiger partial charge in [0.15, 0.2) is 0 Å². The highest BCUT2D eigenvalue weighted by atomic mass is 14.8. The molecule has 0 saturated heterocycles. The van der Waals surface area contributed by atoms with Crippen LogP contribution in [0.4, 0.5) is 0 Å². The zero-order valence-corrected chi connectivity index (χ0v) is 31.1. The second kappa shape index (κ2) is 14.1. The van der Waals surface area contributed by atoms with Crippen LogP contribution in [0, 0.1) is 0 Å². The van der Waals surface area contributed by atoms with Crippen molar-refractivity contribution in [2.45, 2.75) is 40.0 Å². The Hall–Kier alpha value is -6.52. The zero-order chi connectivity index (χ0) is 36.6. The van der Waals surface area contributed by atoms with Crippen LogP contribution in [0.1, 0.15) is 82.5 Å². The molecule has 1 aliphatic rings. The molecule has 8 aromatic rings. The molecule has 4 N–H and O–H groups in total. The Morgan fingerprint density at radius 1 is 0.278 bits per heavy atom. The minimum absolute atomic E-state index is 0.999. The third-order valence-corrected chi connectivity index (χ3v) is 10.9. The largest absolute Gasteiger partial charge is 0.354 e. The van der Waals surface area contributed by atoms with Gasteiger partial charge in [-0.15, -0.1) is 0 Å². The lowest BCUT2D eigenvalue weighted by atomic mass is 10.0. The molecule has 4 nitrogen and oxygen atoms in total. The molecule has 4 aromatic carbocycles. The number of benzene rings is 4. The molecule has 4 heteroatoms. The first-order valence-electron chi connectivity index (χ1n) is 19.2. The van der Waals surface area contributed by atoms with E-state index in [9.17, 15) is 0 Å². The highest BCUT2D eigenvalue weighted by molar-refractivity contribution is 5.84. The molecule has 0 saturated carbocycles. The summed E-state index contributed by atoms with van der Waals surface area (Å²) >= 11 is 0. The molecule has 5 heterocycles. The summed E-state index contributed by atoms with van der Waals surface area (Å²) in [7, 11) is 0. The normalized spacial score (nSPS) is 12.8. The quantitative estimate of drug-likeness (QED) is 0.130. The van der Waals surface area contributed by atoms with Gasteiger partial charge in [-0.3, -0.25) is 0 Å². The lowest BCUT2D eigenvalue weighted by Gasteiger charge is -2.10. The number of aromatic amines is 4. The van der Waals surface area contributed by atoms with E-state index in [2.05, 4.69) is 192 Å². The van der Waals surface area contributed by atoms with Crippen LogP contribution in [0.5, 0.6) is 0 Å². The summed E-state index contributed by atoms with van der Waals surface area (Å²) in [5, 5.41) is 4.20. The number of nitrogens with one attached hydrogen (secondary N) is 4.